The first-order valence-corrected chi connectivity index (χ1v) is 6.82. The van der Waals surface area contributed by atoms with E-state index in [1.807, 2.05) is 6.92 Å². The highest BCUT2D eigenvalue weighted by atomic mass is 16.6. The van der Waals surface area contributed by atoms with Gasteiger partial charge in [0.05, 0.1) is 4.92 Å². The molecule has 20 heavy (non-hydrogen) atoms. The largest absolute Gasteiger partial charge is 0.383 e. The van der Waals surface area contributed by atoms with Crippen molar-refractivity contribution < 1.29 is 9.72 Å². The van der Waals surface area contributed by atoms with Crippen molar-refractivity contribution in [3.8, 4) is 0 Å². The summed E-state index contributed by atoms with van der Waals surface area (Å²) in [6.45, 7) is 3.30. The second-order valence-electron chi connectivity index (χ2n) is 5.03. The molecule has 0 atom stereocenters. The predicted molar refractivity (Wildman–Crippen MR) is 76.9 cm³/mol. The van der Waals surface area contributed by atoms with Gasteiger partial charge in [0.25, 0.3) is 11.6 Å². The molecular formula is C14H19N3O3. The normalized spacial score (nSPS) is 13.9. The van der Waals surface area contributed by atoms with Crippen molar-refractivity contribution >= 4 is 17.3 Å². The van der Waals surface area contributed by atoms with Gasteiger partial charge in [-0.15, -0.1) is 0 Å². The molecular weight excluding hydrogens is 258 g/mol. The van der Waals surface area contributed by atoms with E-state index in [1.165, 1.54) is 18.9 Å². The lowest BCUT2D eigenvalue weighted by molar-refractivity contribution is -0.384. The number of hydrogen-bond donors (Lipinski definition) is 1. The molecule has 1 aliphatic rings. The summed E-state index contributed by atoms with van der Waals surface area (Å²) in [7, 11) is 1.62. The van der Waals surface area contributed by atoms with Crippen molar-refractivity contribution in [2.24, 2.45) is 5.92 Å². The number of nitrogens with zero attached hydrogens (tertiary/aromatic N) is 2. The predicted octanol–water partition coefficient (Wildman–Crippen LogP) is 2.51. The molecule has 1 amide bonds. The van der Waals surface area contributed by atoms with Gasteiger partial charge in [0, 0.05) is 31.8 Å². The van der Waals surface area contributed by atoms with Crippen LogP contribution >= 0.6 is 0 Å². The summed E-state index contributed by atoms with van der Waals surface area (Å²) in [5, 5.41) is 13.8. The molecule has 1 aliphatic carbocycles. The number of nitro benzene ring substituents is 1. The van der Waals surface area contributed by atoms with Crippen molar-refractivity contribution in [2.75, 3.05) is 25.5 Å². The Kier molecular flexibility index (Phi) is 4.22. The number of carbonyl (C=O) groups is 1. The minimum absolute atomic E-state index is 0.0687. The number of nitrogens with one attached hydrogen (secondary N) is 1. The quantitative estimate of drug-likeness (QED) is 0.640. The smallest absolute Gasteiger partial charge is 0.293 e. The van der Waals surface area contributed by atoms with E-state index in [9.17, 15) is 14.9 Å². The molecule has 1 fully saturated rings. The summed E-state index contributed by atoms with van der Waals surface area (Å²) in [6.07, 6.45) is 2.34. The van der Waals surface area contributed by atoms with Gasteiger partial charge in [0.15, 0.2) is 0 Å². The number of hydrogen-bond acceptors (Lipinski definition) is 4. The Bertz CT molecular complexity index is 526. The fraction of sp³-hybridized carbons (Fsp3) is 0.500. The van der Waals surface area contributed by atoms with Crippen LogP contribution in [0.2, 0.25) is 0 Å². The van der Waals surface area contributed by atoms with Gasteiger partial charge in [-0.3, -0.25) is 14.9 Å². The second kappa shape index (κ2) is 5.90. The Labute approximate surface area is 117 Å². The van der Waals surface area contributed by atoms with Crippen molar-refractivity contribution in [1.29, 1.82) is 0 Å². The van der Waals surface area contributed by atoms with Crippen molar-refractivity contribution in [1.82, 2.24) is 4.90 Å². The first-order valence-electron chi connectivity index (χ1n) is 6.82. The van der Waals surface area contributed by atoms with E-state index < -0.39 is 4.92 Å². The van der Waals surface area contributed by atoms with E-state index in [2.05, 4.69) is 5.32 Å². The molecule has 1 N–H and O–H groups in total. The van der Waals surface area contributed by atoms with Crippen LogP contribution in [0.15, 0.2) is 18.2 Å². The molecule has 1 aromatic carbocycles. The summed E-state index contributed by atoms with van der Waals surface area (Å²) in [4.78, 5) is 24.7. The third-order valence-corrected chi connectivity index (χ3v) is 3.56. The molecule has 0 unspecified atom stereocenters. The summed E-state index contributed by atoms with van der Waals surface area (Å²) in [5.41, 5.74) is 0.718. The monoisotopic (exact) mass is 277 g/mol. The SMILES string of the molecule is CCN(CC1CC1)C(=O)c1ccc(NC)c([N+](=O)[O-])c1. The number of rotatable bonds is 6. The number of nitro groups is 1. The Balaban J connectivity index is 2.24. The van der Waals surface area contributed by atoms with Gasteiger partial charge in [-0.1, -0.05) is 0 Å². The van der Waals surface area contributed by atoms with Gasteiger partial charge < -0.3 is 10.2 Å². The lowest BCUT2D eigenvalue weighted by atomic mass is 10.1. The second-order valence-corrected chi connectivity index (χ2v) is 5.03. The zero-order chi connectivity index (χ0) is 14.7. The molecule has 1 saturated carbocycles. The number of anilines is 1. The van der Waals surface area contributed by atoms with Gasteiger partial charge in [0.2, 0.25) is 0 Å². The van der Waals surface area contributed by atoms with Crippen molar-refractivity contribution in [3.05, 3.63) is 33.9 Å². The third kappa shape index (κ3) is 3.07. The Morgan fingerprint density at radius 2 is 2.20 bits per heavy atom. The molecule has 2 rings (SSSR count). The first-order chi connectivity index (χ1) is 9.56. The fourth-order valence-corrected chi connectivity index (χ4v) is 2.18. The molecule has 6 heteroatoms. The Morgan fingerprint density at radius 3 is 2.70 bits per heavy atom. The zero-order valence-corrected chi connectivity index (χ0v) is 11.8. The summed E-state index contributed by atoms with van der Waals surface area (Å²) >= 11 is 0. The fourth-order valence-electron chi connectivity index (χ4n) is 2.18. The number of benzene rings is 1. The molecule has 0 bridgehead atoms. The molecule has 0 aromatic heterocycles. The highest BCUT2D eigenvalue weighted by Gasteiger charge is 2.27. The lowest BCUT2D eigenvalue weighted by Crippen LogP contribution is -2.32. The standard InChI is InChI=1S/C14H19N3O3/c1-3-16(9-10-4-5-10)14(18)11-6-7-12(15-2)13(8-11)17(19)20/h6-8,10,15H,3-5,9H2,1-2H3. The van der Waals surface area contributed by atoms with Crippen LogP contribution in [0.25, 0.3) is 0 Å². The van der Waals surface area contributed by atoms with Crippen LogP contribution in [0.1, 0.15) is 30.1 Å². The van der Waals surface area contributed by atoms with E-state index in [0.717, 1.165) is 6.54 Å². The summed E-state index contributed by atoms with van der Waals surface area (Å²) in [6, 6.07) is 4.57. The highest BCUT2D eigenvalue weighted by Crippen LogP contribution is 2.31. The van der Waals surface area contributed by atoms with Crippen LogP contribution in [-0.2, 0) is 0 Å². The average Bonchev–Trinajstić information content (AvgIpc) is 3.27. The number of amides is 1. The van der Waals surface area contributed by atoms with Crippen LogP contribution in [0.4, 0.5) is 11.4 Å². The minimum Gasteiger partial charge on any atom is -0.383 e. The van der Waals surface area contributed by atoms with Crippen LogP contribution in [0.5, 0.6) is 0 Å². The van der Waals surface area contributed by atoms with Crippen LogP contribution in [-0.4, -0.2) is 35.9 Å². The maximum atomic E-state index is 12.4. The Morgan fingerprint density at radius 1 is 1.50 bits per heavy atom. The average molecular weight is 277 g/mol. The topological polar surface area (TPSA) is 75.5 Å². The maximum absolute atomic E-state index is 12.4. The van der Waals surface area contributed by atoms with Crippen LogP contribution in [0, 0.1) is 16.0 Å². The third-order valence-electron chi connectivity index (χ3n) is 3.56. The molecule has 0 saturated heterocycles. The molecule has 0 aliphatic heterocycles. The van der Waals surface area contributed by atoms with Crippen molar-refractivity contribution in [3.63, 3.8) is 0 Å². The zero-order valence-electron chi connectivity index (χ0n) is 11.8. The first kappa shape index (κ1) is 14.3. The lowest BCUT2D eigenvalue weighted by Gasteiger charge is -2.20. The minimum atomic E-state index is -0.472. The molecule has 108 valence electrons. The van der Waals surface area contributed by atoms with E-state index in [4.69, 9.17) is 0 Å². The van der Waals surface area contributed by atoms with Gasteiger partial charge in [0.1, 0.15) is 5.69 Å². The van der Waals surface area contributed by atoms with E-state index in [1.54, 1.807) is 24.1 Å². The maximum Gasteiger partial charge on any atom is 0.293 e. The van der Waals surface area contributed by atoms with Gasteiger partial charge in [-0.25, -0.2) is 0 Å². The molecule has 6 nitrogen and oxygen atoms in total. The molecule has 1 aromatic rings. The highest BCUT2D eigenvalue weighted by molar-refractivity contribution is 5.95. The van der Waals surface area contributed by atoms with E-state index >= 15 is 0 Å². The van der Waals surface area contributed by atoms with Crippen LogP contribution in [0.3, 0.4) is 0 Å². The molecule has 0 radical (unpaired) electrons. The van der Waals surface area contributed by atoms with E-state index in [0.29, 0.717) is 23.7 Å². The van der Waals surface area contributed by atoms with E-state index in [-0.39, 0.29) is 11.6 Å². The van der Waals surface area contributed by atoms with Gasteiger partial charge in [-0.2, -0.15) is 0 Å². The summed E-state index contributed by atoms with van der Waals surface area (Å²) in [5.74, 6) is 0.468. The summed E-state index contributed by atoms with van der Waals surface area (Å²) < 4.78 is 0. The van der Waals surface area contributed by atoms with Crippen molar-refractivity contribution in [2.45, 2.75) is 19.8 Å². The molecule has 0 heterocycles. The van der Waals surface area contributed by atoms with Gasteiger partial charge >= 0.3 is 0 Å². The molecule has 0 spiro atoms. The van der Waals surface area contributed by atoms with Crippen LogP contribution < -0.4 is 5.32 Å². The number of carbonyl (C=O) groups excluding carboxylic acids is 1. The Hall–Kier alpha value is -2.11. The van der Waals surface area contributed by atoms with Gasteiger partial charge in [-0.05, 0) is 37.8 Å².